The van der Waals surface area contributed by atoms with E-state index in [0.29, 0.717) is 37.8 Å². The Morgan fingerprint density at radius 2 is 2.08 bits per heavy atom. The van der Waals surface area contributed by atoms with E-state index in [1.165, 1.54) is 25.2 Å². The van der Waals surface area contributed by atoms with Crippen molar-refractivity contribution >= 4 is 11.8 Å². The number of nitrogens with zero attached hydrogens (tertiary/aromatic N) is 3. The highest BCUT2D eigenvalue weighted by molar-refractivity contribution is 5.94. The number of aromatic nitrogens is 2. The molecule has 0 bridgehead atoms. The van der Waals surface area contributed by atoms with Crippen LogP contribution in [0.2, 0.25) is 0 Å². The Morgan fingerprint density at radius 1 is 1.28 bits per heavy atom. The Balaban J connectivity index is 1.51. The SMILES string of the molecule is O=C(NCC1CC1)[C@@H]1CN(C(=O)c2ccnnc2)CC12CCOCC2. The third kappa shape index (κ3) is 3.38. The molecule has 2 saturated heterocycles. The lowest BCUT2D eigenvalue weighted by molar-refractivity contribution is -0.129. The van der Waals surface area contributed by atoms with Crippen LogP contribution in [0, 0.1) is 17.3 Å². The summed E-state index contributed by atoms with van der Waals surface area (Å²) >= 11 is 0. The summed E-state index contributed by atoms with van der Waals surface area (Å²) in [4.78, 5) is 27.5. The van der Waals surface area contributed by atoms with Gasteiger partial charge in [0.1, 0.15) is 0 Å². The fourth-order valence-electron chi connectivity index (χ4n) is 4.06. The van der Waals surface area contributed by atoms with Crippen LogP contribution < -0.4 is 5.32 Å². The zero-order valence-electron chi connectivity index (χ0n) is 14.3. The van der Waals surface area contributed by atoms with Crippen molar-refractivity contribution in [2.45, 2.75) is 25.7 Å². The van der Waals surface area contributed by atoms with E-state index in [9.17, 15) is 9.59 Å². The highest BCUT2D eigenvalue weighted by Gasteiger charge is 2.51. The zero-order chi connectivity index (χ0) is 17.3. The summed E-state index contributed by atoms with van der Waals surface area (Å²) in [6.07, 6.45) is 7.08. The molecule has 3 fully saturated rings. The Bertz CT molecular complexity index is 641. The molecule has 3 heterocycles. The van der Waals surface area contributed by atoms with Crippen LogP contribution in [0.1, 0.15) is 36.0 Å². The summed E-state index contributed by atoms with van der Waals surface area (Å²) in [5.41, 5.74) is 0.360. The number of hydrogen-bond acceptors (Lipinski definition) is 5. The highest BCUT2D eigenvalue weighted by atomic mass is 16.5. The van der Waals surface area contributed by atoms with Crippen LogP contribution in [-0.2, 0) is 9.53 Å². The summed E-state index contributed by atoms with van der Waals surface area (Å²) in [5.74, 6) is 0.515. The minimum Gasteiger partial charge on any atom is -0.381 e. The summed E-state index contributed by atoms with van der Waals surface area (Å²) in [6.45, 7) is 3.16. The second-order valence-corrected chi connectivity index (χ2v) is 7.53. The second-order valence-electron chi connectivity index (χ2n) is 7.53. The lowest BCUT2D eigenvalue weighted by Gasteiger charge is -2.37. The Morgan fingerprint density at radius 3 is 2.76 bits per heavy atom. The molecule has 0 radical (unpaired) electrons. The molecule has 1 spiro atoms. The van der Waals surface area contributed by atoms with E-state index in [-0.39, 0.29) is 23.1 Å². The number of amides is 2. The van der Waals surface area contributed by atoms with Gasteiger partial charge in [-0.25, -0.2) is 0 Å². The van der Waals surface area contributed by atoms with Gasteiger partial charge in [0.15, 0.2) is 0 Å². The van der Waals surface area contributed by atoms with Crippen LogP contribution in [0.3, 0.4) is 0 Å². The Labute approximate surface area is 147 Å². The van der Waals surface area contributed by atoms with Crippen molar-refractivity contribution in [1.29, 1.82) is 0 Å². The van der Waals surface area contributed by atoms with Gasteiger partial charge in [-0.2, -0.15) is 10.2 Å². The first-order chi connectivity index (χ1) is 12.2. The van der Waals surface area contributed by atoms with Crippen LogP contribution in [0.25, 0.3) is 0 Å². The average molecular weight is 344 g/mol. The van der Waals surface area contributed by atoms with Gasteiger partial charge in [-0.05, 0) is 37.7 Å². The van der Waals surface area contributed by atoms with Gasteiger partial charge in [0.2, 0.25) is 5.91 Å². The molecule has 2 aliphatic heterocycles. The molecule has 1 atom stereocenters. The fraction of sp³-hybridized carbons (Fsp3) is 0.667. The number of carbonyl (C=O) groups is 2. The van der Waals surface area contributed by atoms with Crippen LogP contribution in [-0.4, -0.2) is 59.8 Å². The quantitative estimate of drug-likeness (QED) is 0.876. The summed E-state index contributed by atoms with van der Waals surface area (Å²) in [5, 5.41) is 10.6. The van der Waals surface area contributed by atoms with Crippen molar-refractivity contribution < 1.29 is 14.3 Å². The molecule has 1 aliphatic carbocycles. The van der Waals surface area contributed by atoms with Crippen molar-refractivity contribution in [3.8, 4) is 0 Å². The summed E-state index contributed by atoms with van der Waals surface area (Å²) in [6, 6.07) is 1.67. The monoisotopic (exact) mass is 344 g/mol. The van der Waals surface area contributed by atoms with Crippen LogP contribution >= 0.6 is 0 Å². The number of likely N-dealkylation sites (tertiary alicyclic amines) is 1. The van der Waals surface area contributed by atoms with Crippen molar-refractivity contribution in [2.24, 2.45) is 17.3 Å². The molecular weight excluding hydrogens is 320 g/mol. The zero-order valence-corrected chi connectivity index (χ0v) is 14.3. The first-order valence-electron chi connectivity index (χ1n) is 9.09. The Kier molecular flexibility index (Phi) is 4.41. The topological polar surface area (TPSA) is 84.4 Å². The predicted molar refractivity (Wildman–Crippen MR) is 89.6 cm³/mol. The molecule has 0 unspecified atom stereocenters. The average Bonchev–Trinajstić information content (AvgIpc) is 3.42. The lowest BCUT2D eigenvalue weighted by Crippen LogP contribution is -2.44. The normalized spacial score (nSPS) is 25.1. The smallest absolute Gasteiger partial charge is 0.255 e. The van der Waals surface area contributed by atoms with E-state index in [1.54, 1.807) is 6.07 Å². The molecule has 4 rings (SSSR count). The van der Waals surface area contributed by atoms with Crippen LogP contribution in [0.5, 0.6) is 0 Å². The standard InChI is InChI=1S/C18H24N4O3/c23-16(19-9-13-1-2-13)15-11-22(12-18(15)4-7-25-8-5-18)17(24)14-3-6-20-21-10-14/h3,6,10,13,15H,1-2,4-5,7-9,11-12H2,(H,19,23)/t15-/m0/s1. The maximum atomic E-state index is 12.8. The predicted octanol–water partition coefficient (Wildman–Crippen LogP) is 0.872. The molecule has 2 amide bonds. The fourth-order valence-corrected chi connectivity index (χ4v) is 4.06. The Hall–Kier alpha value is -2.02. The molecule has 1 aromatic rings. The molecule has 1 aromatic heterocycles. The first-order valence-corrected chi connectivity index (χ1v) is 9.09. The van der Waals surface area contributed by atoms with E-state index in [0.717, 1.165) is 19.4 Å². The van der Waals surface area contributed by atoms with E-state index in [2.05, 4.69) is 15.5 Å². The molecule has 7 nitrogen and oxygen atoms in total. The van der Waals surface area contributed by atoms with Crippen molar-refractivity contribution in [3.63, 3.8) is 0 Å². The van der Waals surface area contributed by atoms with Gasteiger partial charge in [0.05, 0.1) is 23.9 Å². The molecule has 25 heavy (non-hydrogen) atoms. The number of ether oxygens (including phenoxy) is 1. The molecule has 1 N–H and O–H groups in total. The lowest BCUT2D eigenvalue weighted by atomic mass is 9.71. The van der Waals surface area contributed by atoms with Gasteiger partial charge < -0.3 is 15.0 Å². The second kappa shape index (κ2) is 6.71. The van der Waals surface area contributed by atoms with Crippen molar-refractivity contribution in [1.82, 2.24) is 20.4 Å². The summed E-state index contributed by atoms with van der Waals surface area (Å²) in [7, 11) is 0. The van der Waals surface area contributed by atoms with E-state index >= 15 is 0 Å². The molecular formula is C18H24N4O3. The first kappa shape index (κ1) is 16.4. The van der Waals surface area contributed by atoms with Crippen LogP contribution in [0.15, 0.2) is 18.5 Å². The van der Waals surface area contributed by atoms with Crippen molar-refractivity contribution in [2.75, 3.05) is 32.8 Å². The molecule has 134 valence electrons. The van der Waals surface area contributed by atoms with Gasteiger partial charge >= 0.3 is 0 Å². The van der Waals surface area contributed by atoms with Crippen LogP contribution in [0.4, 0.5) is 0 Å². The van der Waals surface area contributed by atoms with Gasteiger partial charge in [0.25, 0.3) is 5.91 Å². The minimum atomic E-state index is -0.165. The molecule has 0 aromatic carbocycles. The molecule has 3 aliphatic rings. The third-order valence-electron chi connectivity index (χ3n) is 5.83. The maximum Gasteiger partial charge on any atom is 0.255 e. The van der Waals surface area contributed by atoms with E-state index in [1.807, 2.05) is 4.90 Å². The molecule has 7 heteroatoms. The molecule has 1 saturated carbocycles. The van der Waals surface area contributed by atoms with Gasteiger partial charge in [-0.15, -0.1) is 0 Å². The van der Waals surface area contributed by atoms with E-state index in [4.69, 9.17) is 4.74 Å². The van der Waals surface area contributed by atoms with Gasteiger partial charge in [-0.1, -0.05) is 0 Å². The number of nitrogens with one attached hydrogen (secondary N) is 1. The number of rotatable bonds is 4. The number of carbonyl (C=O) groups excluding carboxylic acids is 2. The third-order valence-corrected chi connectivity index (χ3v) is 5.83. The maximum absolute atomic E-state index is 12.8. The summed E-state index contributed by atoms with van der Waals surface area (Å²) < 4.78 is 5.52. The van der Waals surface area contributed by atoms with Gasteiger partial charge in [0, 0.05) is 38.3 Å². The minimum absolute atomic E-state index is 0.0711. The van der Waals surface area contributed by atoms with Gasteiger partial charge in [-0.3, -0.25) is 9.59 Å². The van der Waals surface area contributed by atoms with Crippen molar-refractivity contribution in [3.05, 3.63) is 24.0 Å². The highest BCUT2D eigenvalue weighted by Crippen LogP contribution is 2.44. The largest absolute Gasteiger partial charge is 0.381 e. The van der Waals surface area contributed by atoms with E-state index < -0.39 is 0 Å². The number of hydrogen-bond donors (Lipinski definition) is 1.